The second-order valence-electron chi connectivity index (χ2n) is 5.16. The van der Waals surface area contributed by atoms with Crippen LogP contribution in [0.2, 0.25) is 0 Å². The SMILES string of the molecule is C=CCNC(=S)N/N=C\c1ccc(OC)c(COc2ccccc2F)c1. The molecule has 5 nitrogen and oxygen atoms in total. The maximum absolute atomic E-state index is 13.7. The second kappa shape index (κ2) is 10.1. The number of rotatable bonds is 8. The van der Waals surface area contributed by atoms with Crippen LogP contribution in [0.4, 0.5) is 4.39 Å². The highest BCUT2D eigenvalue weighted by Crippen LogP contribution is 2.23. The monoisotopic (exact) mass is 373 g/mol. The van der Waals surface area contributed by atoms with E-state index in [0.29, 0.717) is 17.4 Å². The maximum Gasteiger partial charge on any atom is 0.187 e. The molecule has 136 valence electrons. The summed E-state index contributed by atoms with van der Waals surface area (Å²) in [6.07, 6.45) is 3.32. The summed E-state index contributed by atoms with van der Waals surface area (Å²) in [6, 6.07) is 11.8. The zero-order chi connectivity index (χ0) is 18.8. The Bertz CT molecular complexity index is 796. The van der Waals surface area contributed by atoms with Crippen LogP contribution in [0.5, 0.6) is 11.5 Å². The summed E-state index contributed by atoms with van der Waals surface area (Å²) in [7, 11) is 1.57. The number of nitrogens with one attached hydrogen (secondary N) is 2. The van der Waals surface area contributed by atoms with Crippen LogP contribution in [0.25, 0.3) is 0 Å². The van der Waals surface area contributed by atoms with Crippen molar-refractivity contribution in [3.63, 3.8) is 0 Å². The van der Waals surface area contributed by atoms with Crippen molar-refractivity contribution in [1.29, 1.82) is 0 Å². The Morgan fingerprint density at radius 2 is 2.08 bits per heavy atom. The van der Waals surface area contributed by atoms with Gasteiger partial charge in [0.1, 0.15) is 12.4 Å². The van der Waals surface area contributed by atoms with E-state index in [0.717, 1.165) is 11.1 Å². The first-order valence-electron chi connectivity index (χ1n) is 7.86. The molecule has 26 heavy (non-hydrogen) atoms. The number of hydrogen-bond acceptors (Lipinski definition) is 4. The highest BCUT2D eigenvalue weighted by Gasteiger charge is 2.07. The molecule has 0 saturated carbocycles. The molecule has 0 spiro atoms. The fraction of sp³-hybridized carbons (Fsp3) is 0.158. The maximum atomic E-state index is 13.7. The van der Waals surface area contributed by atoms with Gasteiger partial charge in [-0.05, 0) is 48.1 Å². The topological polar surface area (TPSA) is 54.9 Å². The van der Waals surface area contributed by atoms with Crippen molar-refractivity contribution < 1.29 is 13.9 Å². The normalized spacial score (nSPS) is 10.4. The quantitative estimate of drug-likeness (QED) is 0.321. The van der Waals surface area contributed by atoms with Gasteiger partial charge in [-0.1, -0.05) is 18.2 Å². The Balaban J connectivity index is 2.04. The van der Waals surface area contributed by atoms with Crippen molar-refractivity contribution in [2.75, 3.05) is 13.7 Å². The molecule has 7 heteroatoms. The average Bonchev–Trinajstić information content (AvgIpc) is 2.66. The number of benzene rings is 2. The number of para-hydroxylation sites is 1. The molecule has 0 atom stereocenters. The molecule has 0 unspecified atom stereocenters. The fourth-order valence-electron chi connectivity index (χ4n) is 2.08. The minimum atomic E-state index is -0.408. The Kier molecular flexibility index (Phi) is 7.57. The van der Waals surface area contributed by atoms with Crippen LogP contribution in [0.3, 0.4) is 0 Å². The molecule has 0 aliphatic rings. The van der Waals surface area contributed by atoms with Crippen molar-refractivity contribution in [3.8, 4) is 11.5 Å². The van der Waals surface area contributed by atoms with Gasteiger partial charge in [-0.3, -0.25) is 5.43 Å². The Labute approximate surface area is 157 Å². The van der Waals surface area contributed by atoms with Gasteiger partial charge in [0.25, 0.3) is 0 Å². The first kappa shape index (κ1) is 19.4. The molecule has 2 rings (SSSR count). The smallest absolute Gasteiger partial charge is 0.187 e. The molecule has 2 aromatic rings. The highest BCUT2D eigenvalue weighted by molar-refractivity contribution is 7.80. The lowest BCUT2D eigenvalue weighted by atomic mass is 10.1. The van der Waals surface area contributed by atoms with Crippen LogP contribution < -0.4 is 20.2 Å². The van der Waals surface area contributed by atoms with Crippen LogP contribution in [-0.2, 0) is 6.61 Å². The van der Waals surface area contributed by atoms with Crippen LogP contribution in [0.15, 0.2) is 60.2 Å². The zero-order valence-electron chi connectivity index (χ0n) is 14.4. The van der Waals surface area contributed by atoms with Crippen molar-refractivity contribution >= 4 is 23.5 Å². The Morgan fingerprint density at radius 1 is 1.27 bits per heavy atom. The summed E-state index contributed by atoms with van der Waals surface area (Å²) >= 11 is 5.05. The van der Waals surface area contributed by atoms with E-state index in [9.17, 15) is 4.39 Å². The summed E-state index contributed by atoms with van der Waals surface area (Å²) in [5.74, 6) is 0.428. The van der Waals surface area contributed by atoms with Gasteiger partial charge in [-0.25, -0.2) is 4.39 Å². The van der Waals surface area contributed by atoms with Crippen LogP contribution in [0.1, 0.15) is 11.1 Å². The third-order valence-electron chi connectivity index (χ3n) is 3.31. The molecule has 0 heterocycles. The molecule has 2 aromatic carbocycles. The number of hydrazone groups is 1. The Morgan fingerprint density at radius 3 is 2.81 bits per heavy atom. The molecular formula is C19H20FN3O2S. The van der Waals surface area contributed by atoms with E-state index in [2.05, 4.69) is 22.4 Å². The van der Waals surface area contributed by atoms with Gasteiger partial charge in [0, 0.05) is 12.1 Å². The van der Waals surface area contributed by atoms with Crippen molar-refractivity contribution in [1.82, 2.24) is 10.7 Å². The molecule has 0 aliphatic heterocycles. The van der Waals surface area contributed by atoms with E-state index in [-0.39, 0.29) is 12.4 Å². The van der Waals surface area contributed by atoms with Gasteiger partial charge >= 0.3 is 0 Å². The molecule has 2 N–H and O–H groups in total. The summed E-state index contributed by atoms with van der Waals surface area (Å²) in [5, 5.41) is 7.37. The molecular weight excluding hydrogens is 353 g/mol. The van der Waals surface area contributed by atoms with Gasteiger partial charge < -0.3 is 14.8 Å². The summed E-state index contributed by atoms with van der Waals surface area (Å²) in [5.41, 5.74) is 4.30. The predicted molar refractivity (Wildman–Crippen MR) is 105 cm³/mol. The van der Waals surface area contributed by atoms with E-state index in [4.69, 9.17) is 21.7 Å². The first-order valence-corrected chi connectivity index (χ1v) is 8.27. The van der Waals surface area contributed by atoms with Gasteiger partial charge in [0.15, 0.2) is 16.7 Å². The lowest BCUT2D eigenvalue weighted by Crippen LogP contribution is -2.31. The van der Waals surface area contributed by atoms with Crippen molar-refractivity contribution in [2.24, 2.45) is 5.10 Å². The number of halogens is 1. The first-order chi connectivity index (χ1) is 12.6. The third-order valence-corrected chi connectivity index (χ3v) is 3.55. The van der Waals surface area contributed by atoms with E-state index < -0.39 is 5.82 Å². The Hall–Kier alpha value is -2.93. The van der Waals surface area contributed by atoms with Gasteiger partial charge in [-0.2, -0.15) is 5.10 Å². The van der Waals surface area contributed by atoms with E-state index in [1.165, 1.54) is 6.07 Å². The molecule has 0 bridgehead atoms. The average molecular weight is 373 g/mol. The standard InChI is InChI=1S/C19H20FN3O2S/c1-3-10-21-19(26)23-22-12-14-8-9-17(24-2)15(11-14)13-25-18-7-5-4-6-16(18)20/h3-9,11-12H,1,10,13H2,2H3,(H2,21,23,26)/b22-12-. The lowest BCUT2D eigenvalue weighted by Gasteiger charge is -2.11. The minimum Gasteiger partial charge on any atom is -0.496 e. The summed E-state index contributed by atoms with van der Waals surface area (Å²) in [6.45, 7) is 4.32. The number of hydrogen-bond donors (Lipinski definition) is 2. The predicted octanol–water partition coefficient (Wildman–Crippen LogP) is 3.40. The van der Waals surface area contributed by atoms with Gasteiger partial charge in [0.05, 0.1) is 13.3 Å². The number of ether oxygens (including phenoxy) is 2. The number of nitrogens with zero attached hydrogens (tertiary/aromatic N) is 1. The molecule has 0 saturated heterocycles. The molecule has 0 aromatic heterocycles. The van der Waals surface area contributed by atoms with Crippen LogP contribution >= 0.6 is 12.2 Å². The second-order valence-corrected chi connectivity index (χ2v) is 5.57. The third kappa shape index (κ3) is 5.86. The largest absolute Gasteiger partial charge is 0.496 e. The molecule has 0 aliphatic carbocycles. The van der Waals surface area contributed by atoms with E-state index >= 15 is 0 Å². The lowest BCUT2D eigenvalue weighted by molar-refractivity contribution is 0.282. The van der Waals surface area contributed by atoms with E-state index in [1.54, 1.807) is 43.7 Å². The highest BCUT2D eigenvalue weighted by atomic mass is 32.1. The van der Waals surface area contributed by atoms with Crippen molar-refractivity contribution in [3.05, 3.63) is 72.1 Å². The summed E-state index contributed by atoms with van der Waals surface area (Å²) in [4.78, 5) is 0. The van der Waals surface area contributed by atoms with Crippen molar-refractivity contribution in [2.45, 2.75) is 6.61 Å². The zero-order valence-corrected chi connectivity index (χ0v) is 15.2. The van der Waals surface area contributed by atoms with E-state index in [1.807, 2.05) is 12.1 Å². The number of thiocarbonyl (C=S) groups is 1. The van der Waals surface area contributed by atoms with Gasteiger partial charge in [0.2, 0.25) is 0 Å². The summed E-state index contributed by atoms with van der Waals surface area (Å²) < 4.78 is 24.6. The van der Waals surface area contributed by atoms with Gasteiger partial charge in [-0.15, -0.1) is 6.58 Å². The van der Waals surface area contributed by atoms with Crippen LogP contribution in [0, 0.1) is 5.82 Å². The molecule has 0 radical (unpaired) electrons. The molecule has 0 fully saturated rings. The van der Waals surface area contributed by atoms with Crippen LogP contribution in [-0.4, -0.2) is 25.0 Å². The molecule has 0 amide bonds. The minimum absolute atomic E-state index is 0.165. The number of methoxy groups -OCH3 is 1. The fourth-order valence-corrected chi connectivity index (χ4v) is 2.21.